The molecular formula is C18H23N3O2. The smallest absolute Gasteiger partial charge is 0.204 e. The molecule has 5 nitrogen and oxygen atoms in total. The van der Waals surface area contributed by atoms with Gasteiger partial charge in [0, 0.05) is 19.0 Å². The molecule has 23 heavy (non-hydrogen) atoms. The highest BCUT2D eigenvalue weighted by Gasteiger charge is 2.19. The first-order chi connectivity index (χ1) is 11.2. The van der Waals surface area contributed by atoms with Gasteiger partial charge >= 0.3 is 0 Å². The van der Waals surface area contributed by atoms with Crippen molar-refractivity contribution in [2.45, 2.75) is 26.7 Å². The number of allylic oxidation sites excluding steroid dienone is 1. The minimum atomic E-state index is 0.676. The van der Waals surface area contributed by atoms with Crippen molar-refractivity contribution in [2.75, 3.05) is 25.3 Å². The Morgan fingerprint density at radius 2 is 1.91 bits per heavy atom. The normalized spacial score (nSPS) is 13.5. The molecule has 0 fully saturated rings. The maximum atomic E-state index is 5.78. The summed E-state index contributed by atoms with van der Waals surface area (Å²) in [6.07, 6.45) is 5.91. The summed E-state index contributed by atoms with van der Waals surface area (Å²) < 4.78 is 13.3. The molecular weight excluding hydrogens is 290 g/mol. The van der Waals surface area contributed by atoms with Gasteiger partial charge in [-0.05, 0) is 43.7 Å². The van der Waals surface area contributed by atoms with E-state index in [9.17, 15) is 0 Å². The fourth-order valence-corrected chi connectivity index (χ4v) is 2.61. The molecule has 122 valence electrons. The van der Waals surface area contributed by atoms with E-state index in [1.54, 1.807) is 0 Å². The van der Waals surface area contributed by atoms with Gasteiger partial charge < -0.3 is 9.47 Å². The lowest BCUT2D eigenvalue weighted by Crippen LogP contribution is -2.34. The summed E-state index contributed by atoms with van der Waals surface area (Å²) in [4.78, 5) is 4.74. The van der Waals surface area contributed by atoms with Crippen LogP contribution in [-0.2, 0) is 11.2 Å². The Hall–Kier alpha value is -2.43. The Morgan fingerprint density at radius 1 is 1.13 bits per heavy atom. The first-order valence-corrected chi connectivity index (χ1v) is 8.11. The quantitative estimate of drug-likeness (QED) is 0.820. The number of hydrogen-bond donors (Lipinski definition) is 0. The van der Waals surface area contributed by atoms with E-state index in [0.717, 1.165) is 48.2 Å². The third kappa shape index (κ3) is 3.18. The number of ether oxygens (including phenoxy) is 2. The highest BCUT2D eigenvalue weighted by molar-refractivity contribution is 5.60. The number of benzene rings is 1. The minimum Gasteiger partial charge on any atom is -0.494 e. The third-order valence-corrected chi connectivity index (χ3v) is 3.78. The second-order valence-electron chi connectivity index (χ2n) is 5.46. The average molecular weight is 313 g/mol. The van der Waals surface area contributed by atoms with Crippen LogP contribution >= 0.6 is 0 Å². The Labute approximate surface area is 137 Å². The molecule has 1 aliphatic heterocycles. The van der Waals surface area contributed by atoms with Gasteiger partial charge in [-0.3, -0.25) is 5.01 Å². The Balaban J connectivity index is 1.80. The van der Waals surface area contributed by atoms with Gasteiger partial charge in [0.15, 0.2) is 0 Å². The standard InChI is InChI=1S/C18H23N3O2/c1-4-12-23-18-11-10-17-19-16(13-21(17)20(18)3)14-6-8-15(9-7-14)22-5-2/h6-9,11,13H,4-5,10,12H2,1-3H3. The first-order valence-electron chi connectivity index (χ1n) is 8.11. The van der Waals surface area contributed by atoms with Gasteiger partial charge in [0.05, 0.1) is 25.1 Å². The molecule has 2 heterocycles. The van der Waals surface area contributed by atoms with Crippen LogP contribution in [0.3, 0.4) is 0 Å². The third-order valence-electron chi connectivity index (χ3n) is 3.78. The zero-order chi connectivity index (χ0) is 16.2. The SMILES string of the molecule is CCCOC1=CCc2nc(-c3ccc(OCC)cc3)cn2N1C. The molecule has 3 rings (SSSR count). The van der Waals surface area contributed by atoms with E-state index in [-0.39, 0.29) is 0 Å². The average Bonchev–Trinajstić information content (AvgIpc) is 3.00. The summed E-state index contributed by atoms with van der Waals surface area (Å²) in [5.74, 6) is 2.78. The molecule has 1 aromatic heterocycles. The number of fused-ring (bicyclic) bond motifs is 1. The van der Waals surface area contributed by atoms with E-state index in [4.69, 9.17) is 14.5 Å². The fraction of sp³-hybridized carbons (Fsp3) is 0.389. The molecule has 2 aromatic rings. The van der Waals surface area contributed by atoms with Crippen LogP contribution in [0, 0.1) is 0 Å². The highest BCUT2D eigenvalue weighted by Crippen LogP contribution is 2.24. The molecule has 0 N–H and O–H groups in total. The molecule has 5 heteroatoms. The van der Waals surface area contributed by atoms with Crippen LogP contribution in [0.4, 0.5) is 0 Å². The van der Waals surface area contributed by atoms with Crippen LogP contribution in [0.5, 0.6) is 5.75 Å². The lowest BCUT2D eigenvalue weighted by Gasteiger charge is -2.27. The minimum absolute atomic E-state index is 0.676. The molecule has 0 aliphatic carbocycles. The Bertz CT molecular complexity index is 689. The molecule has 0 saturated carbocycles. The van der Waals surface area contributed by atoms with Crippen molar-refractivity contribution in [2.24, 2.45) is 0 Å². The molecule has 0 saturated heterocycles. The van der Waals surface area contributed by atoms with Crippen LogP contribution in [0.15, 0.2) is 42.4 Å². The van der Waals surface area contributed by atoms with Crippen molar-refractivity contribution in [3.8, 4) is 17.0 Å². The number of hydrogen-bond acceptors (Lipinski definition) is 4. The summed E-state index contributed by atoms with van der Waals surface area (Å²) in [5.41, 5.74) is 2.04. The van der Waals surface area contributed by atoms with Crippen molar-refractivity contribution < 1.29 is 9.47 Å². The van der Waals surface area contributed by atoms with Crippen molar-refractivity contribution in [1.29, 1.82) is 0 Å². The molecule has 0 unspecified atom stereocenters. The summed E-state index contributed by atoms with van der Waals surface area (Å²) in [5, 5.41) is 2.00. The summed E-state index contributed by atoms with van der Waals surface area (Å²) >= 11 is 0. The van der Waals surface area contributed by atoms with Gasteiger partial charge in [0.25, 0.3) is 0 Å². The lowest BCUT2D eigenvalue weighted by molar-refractivity contribution is 0.191. The molecule has 1 aliphatic rings. The second-order valence-corrected chi connectivity index (χ2v) is 5.46. The van der Waals surface area contributed by atoms with E-state index >= 15 is 0 Å². The maximum absolute atomic E-state index is 5.78. The fourth-order valence-electron chi connectivity index (χ4n) is 2.61. The molecule has 0 spiro atoms. The van der Waals surface area contributed by atoms with Crippen molar-refractivity contribution in [1.82, 2.24) is 9.66 Å². The Kier molecular flexibility index (Phi) is 4.55. The van der Waals surface area contributed by atoms with E-state index in [1.807, 2.05) is 49.4 Å². The van der Waals surface area contributed by atoms with Crippen LogP contribution in [0.1, 0.15) is 26.1 Å². The number of imidazole rings is 1. The topological polar surface area (TPSA) is 39.5 Å². The first kappa shape index (κ1) is 15.5. The van der Waals surface area contributed by atoms with E-state index < -0.39 is 0 Å². The zero-order valence-electron chi connectivity index (χ0n) is 14.0. The molecule has 0 bridgehead atoms. The zero-order valence-corrected chi connectivity index (χ0v) is 14.0. The summed E-state index contributed by atoms with van der Waals surface area (Å²) in [6.45, 7) is 5.50. The molecule has 0 amide bonds. The van der Waals surface area contributed by atoms with Gasteiger partial charge in [-0.15, -0.1) is 0 Å². The summed E-state index contributed by atoms with van der Waals surface area (Å²) in [6, 6.07) is 8.05. The van der Waals surface area contributed by atoms with Crippen molar-refractivity contribution in [3.05, 3.63) is 48.2 Å². The molecule has 0 atom stereocenters. The van der Waals surface area contributed by atoms with Crippen LogP contribution in [0.2, 0.25) is 0 Å². The maximum Gasteiger partial charge on any atom is 0.204 e. The van der Waals surface area contributed by atoms with Crippen LogP contribution in [-0.4, -0.2) is 29.9 Å². The number of aromatic nitrogens is 2. The molecule has 0 radical (unpaired) electrons. The highest BCUT2D eigenvalue weighted by atomic mass is 16.5. The van der Waals surface area contributed by atoms with Crippen LogP contribution in [0.25, 0.3) is 11.3 Å². The van der Waals surface area contributed by atoms with Gasteiger partial charge in [-0.2, -0.15) is 0 Å². The Morgan fingerprint density at radius 3 is 2.61 bits per heavy atom. The molecule has 1 aromatic carbocycles. The van der Waals surface area contributed by atoms with Gasteiger partial charge in [-0.1, -0.05) is 6.92 Å². The number of rotatable bonds is 6. The lowest BCUT2D eigenvalue weighted by atomic mass is 10.2. The van der Waals surface area contributed by atoms with E-state index in [1.165, 1.54) is 0 Å². The van der Waals surface area contributed by atoms with Crippen molar-refractivity contribution >= 4 is 0 Å². The van der Waals surface area contributed by atoms with Gasteiger partial charge in [0.1, 0.15) is 11.6 Å². The van der Waals surface area contributed by atoms with Crippen molar-refractivity contribution in [3.63, 3.8) is 0 Å². The predicted molar refractivity (Wildman–Crippen MR) is 91.0 cm³/mol. The summed E-state index contributed by atoms with van der Waals surface area (Å²) in [7, 11) is 1.99. The van der Waals surface area contributed by atoms with E-state index in [0.29, 0.717) is 6.61 Å². The van der Waals surface area contributed by atoms with Crippen LogP contribution < -0.4 is 9.75 Å². The largest absolute Gasteiger partial charge is 0.494 e. The number of nitrogens with zero attached hydrogens (tertiary/aromatic N) is 3. The van der Waals surface area contributed by atoms with E-state index in [2.05, 4.69) is 17.7 Å². The second kappa shape index (κ2) is 6.77. The predicted octanol–water partition coefficient (Wildman–Crippen LogP) is 3.34. The monoisotopic (exact) mass is 313 g/mol. The van der Waals surface area contributed by atoms with Gasteiger partial charge in [-0.25, -0.2) is 9.66 Å². The van der Waals surface area contributed by atoms with Gasteiger partial charge in [0.2, 0.25) is 5.88 Å².